The first-order valence-corrected chi connectivity index (χ1v) is 11.3. The van der Waals surface area contributed by atoms with Crippen LogP contribution in [0.3, 0.4) is 0 Å². The molecule has 1 saturated carbocycles. The highest BCUT2D eigenvalue weighted by molar-refractivity contribution is 7.99. The van der Waals surface area contributed by atoms with E-state index in [1.807, 2.05) is 6.92 Å². The highest BCUT2D eigenvalue weighted by Gasteiger charge is 2.17. The Labute approximate surface area is 184 Å². The molecular formula is C21H27N5O4S. The zero-order chi connectivity index (χ0) is 22.2. The minimum atomic E-state index is -0.582. The summed E-state index contributed by atoms with van der Waals surface area (Å²) in [6.45, 7) is 2.39. The van der Waals surface area contributed by atoms with Gasteiger partial charge in [0.25, 0.3) is 11.5 Å². The fourth-order valence-electron chi connectivity index (χ4n) is 3.36. The molecule has 2 aromatic rings. The maximum Gasteiger partial charge on any atom is 0.277 e. The molecule has 0 atom stereocenters. The van der Waals surface area contributed by atoms with Gasteiger partial charge in [-0.15, -0.1) is 0 Å². The minimum absolute atomic E-state index is 0.106. The zero-order valence-corrected chi connectivity index (χ0v) is 18.2. The summed E-state index contributed by atoms with van der Waals surface area (Å²) in [6, 6.07) is 6.74. The maximum atomic E-state index is 12.4. The molecular weight excluding hydrogens is 418 g/mol. The number of carbonyl (C=O) groups is 2. The van der Waals surface area contributed by atoms with Gasteiger partial charge in [0.2, 0.25) is 5.91 Å². The second kappa shape index (κ2) is 10.9. The number of H-pyrrole nitrogens is 1. The van der Waals surface area contributed by atoms with Crippen LogP contribution in [0, 0.1) is 0 Å². The predicted molar refractivity (Wildman–Crippen MR) is 121 cm³/mol. The first-order chi connectivity index (χ1) is 15.0. The molecule has 3 rings (SSSR count). The van der Waals surface area contributed by atoms with E-state index in [1.54, 1.807) is 24.3 Å². The molecule has 0 radical (unpaired) electrons. The standard InChI is InChI=1S/C21H27N5O4S/c1-2-30-15-10-8-13(9-11-15)19(28)24-17-18(22)25-21(26-20(17)29)31-12-16(27)23-14-6-4-3-5-7-14/h8-11,14H,2-7,12H2,1H3,(H,23,27)(H,24,28)(H3,22,25,26,29). The average molecular weight is 446 g/mol. The summed E-state index contributed by atoms with van der Waals surface area (Å²) in [5, 5.41) is 5.72. The van der Waals surface area contributed by atoms with Crippen molar-refractivity contribution in [3.05, 3.63) is 40.2 Å². The van der Waals surface area contributed by atoms with Gasteiger partial charge < -0.3 is 21.1 Å². The van der Waals surface area contributed by atoms with Gasteiger partial charge in [0.05, 0.1) is 12.4 Å². The fourth-order valence-corrected chi connectivity index (χ4v) is 4.04. The lowest BCUT2D eigenvalue weighted by Gasteiger charge is -2.22. The number of benzene rings is 1. The van der Waals surface area contributed by atoms with E-state index in [1.165, 1.54) is 6.42 Å². The van der Waals surface area contributed by atoms with Crippen LogP contribution in [0.2, 0.25) is 0 Å². The van der Waals surface area contributed by atoms with Crippen molar-refractivity contribution in [1.82, 2.24) is 15.3 Å². The number of thioether (sulfide) groups is 1. The average Bonchev–Trinajstić information content (AvgIpc) is 2.76. The Bertz CT molecular complexity index is 971. The smallest absolute Gasteiger partial charge is 0.277 e. The number of nitrogen functional groups attached to an aromatic ring is 1. The summed E-state index contributed by atoms with van der Waals surface area (Å²) in [6.07, 6.45) is 5.48. The van der Waals surface area contributed by atoms with E-state index in [4.69, 9.17) is 10.5 Å². The SMILES string of the molecule is CCOc1ccc(C(=O)Nc2c(N)nc(SCC(=O)NC3CCCCC3)[nH]c2=O)cc1. The number of aromatic nitrogens is 2. The molecule has 1 aliphatic carbocycles. The number of hydrogen-bond acceptors (Lipinski definition) is 7. The third-order valence-corrected chi connectivity index (χ3v) is 5.78. The Kier molecular flexibility index (Phi) is 7.94. The third kappa shape index (κ3) is 6.48. The predicted octanol–water partition coefficient (Wildman–Crippen LogP) is 2.54. The van der Waals surface area contributed by atoms with Gasteiger partial charge in [-0.3, -0.25) is 19.4 Å². The van der Waals surface area contributed by atoms with Crippen molar-refractivity contribution in [2.75, 3.05) is 23.4 Å². The maximum absolute atomic E-state index is 12.4. The summed E-state index contributed by atoms with van der Waals surface area (Å²) in [5.74, 6) is 0.0575. The molecule has 0 spiro atoms. The summed E-state index contributed by atoms with van der Waals surface area (Å²) >= 11 is 1.09. The summed E-state index contributed by atoms with van der Waals surface area (Å²) in [5.41, 5.74) is 5.52. The van der Waals surface area contributed by atoms with Crippen LogP contribution < -0.4 is 26.7 Å². The van der Waals surface area contributed by atoms with Crippen LogP contribution in [0.4, 0.5) is 11.5 Å². The quantitative estimate of drug-likeness (QED) is 0.362. The van der Waals surface area contributed by atoms with E-state index in [0.29, 0.717) is 17.9 Å². The first kappa shape index (κ1) is 22.7. The lowest BCUT2D eigenvalue weighted by molar-refractivity contribution is -0.119. The summed E-state index contributed by atoms with van der Waals surface area (Å²) in [7, 11) is 0. The van der Waals surface area contributed by atoms with Gasteiger partial charge in [-0.25, -0.2) is 4.98 Å². The molecule has 1 aliphatic rings. The van der Waals surface area contributed by atoms with Crippen molar-refractivity contribution in [3.8, 4) is 5.75 Å². The van der Waals surface area contributed by atoms with E-state index >= 15 is 0 Å². The number of carbonyl (C=O) groups excluding carboxylic acids is 2. The van der Waals surface area contributed by atoms with Crippen molar-refractivity contribution in [3.63, 3.8) is 0 Å². The normalized spacial score (nSPS) is 14.1. The second-order valence-corrected chi connectivity index (χ2v) is 8.20. The molecule has 2 amide bonds. The number of ether oxygens (including phenoxy) is 1. The lowest BCUT2D eigenvalue weighted by Crippen LogP contribution is -2.37. The van der Waals surface area contributed by atoms with Gasteiger partial charge in [-0.1, -0.05) is 31.0 Å². The Hall–Kier alpha value is -3.01. The Morgan fingerprint density at radius 1 is 1.23 bits per heavy atom. The Morgan fingerprint density at radius 2 is 1.94 bits per heavy atom. The number of nitrogens with one attached hydrogen (secondary N) is 3. The van der Waals surface area contributed by atoms with E-state index in [9.17, 15) is 14.4 Å². The molecule has 1 aromatic carbocycles. The fraction of sp³-hybridized carbons (Fsp3) is 0.429. The molecule has 0 bridgehead atoms. The van der Waals surface area contributed by atoms with E-state index in [-0.39, 0.29) is 34.4 Å². The zero-order valence-electron chi connectivity index (χ0n) is 17.4. The molecule has 0 aliphatic heterocycles. The van der Waals surface area contributed by atoms with Gasteiger partial charge in [-0.2, -0.15) is 0 Å². The second-order valence-electron chi connectivity index (χ2n) is 7.23. The molecule has 166 valence electrons. The molecule has 31 heavy (non-hydrogen) atoms. The number of aromatic amines is 1. The number of nitrogens with two attached hydrogens (primary N) is 1. The summed E-state index contributed by atoms with van der Waals surface area (Å²) in [4.78, 5) is 43.6. The van der Waals surface area contributed by atoms with Gasteiger partial charge >= 0.3 is 0 Å². The highest BCUT2D eigenvalue weighted by Crippen LogP contribution is 2.20. The molecule has 1 heterocycles. The van der Waals surface area contributed by atoms with Crippen molar-refractivity contribution >= 4 is 35.1 Å². The van der Waals surface area contributed by atoms with Crippen LogP contribution in [-0.4, -0.2) is 40.2 Å². The Balaban J connectivity index is 1.58. The highest BCUT2D eigenvalue weighted by atomic mass is 32.2. The number of anilines is 2. The van der Waals surface area contributed by atoms with E-state index in [0.717, 1.165) is 37.4 Å². The van der Waals surface area contributed by atoms with Gasteiger partial charge in [0.15, 0.2) is 11.0 Å². The topological polar surface area (TPSA) is 139 Å². The molecule has 5 N–H and O–H groups in total. The van der Waals surface area contributed by atoms with Crippen LogP contribution in [0.25, 0.3) is 0 Å². The number of nitrogens with zero attached hydrogens (tertiary/aromatic N) is 1. The molecule has 1 aromatic heterocycles. The number of amides is 2. The van der Waals surface area contributed by atoms with Crippen molar-refractivity contribution in [2.24, 2.45) is 0 Å². The largest absolute Gasteiger partial charge is 0.494 e. The van der Waals surface area contributed by atoms with E-state index < -0.39 is 11.5 Å². The Morgan fingerprint density at radius 3 is 2.58 bits per heavy atom. The molecule has 10 heteroatoms. The number of hydrogen-bond donors (Lipinski definition) is 4. The van der Waals surface area contributed by atoms with Crippen molar-refractivity contribution in [2.45, 2.75) is 50.2 Å². The van der Waals surface area contributed by atoms with Crippen LogP contribution in [0.1, 0.15) is 49.4 Å². The van der Waals surface area contributed by atoms with Gasteiger partial charge in [-0.05, 0) is 44.0 Å². The minimum Gasteiger partial charge on any atom is -0.494 e. The molecule has 0 saturated heterocycles. The molecule has 1 fully saturated rings. The summed E-state index contributed by atoms with van der Waals surface area (Å²) < 4.78 is 5.34. The third-order valence-electron chi connectivity index (χ3n) is 4.90. The van der Waals surface area contributed by atoms with Crippen molar-refractivity contribution in [1.29, 1.82) is 0 Å². The van der Waals surface area contributed by atoms with Gasteiger partial charge in [0, 0.05) is 11.6 Å². The number of rotatable bonds is 8. The lowest BCUT2D eigenvalue weighted by atomic mass is 9.95. The molecule has 0 unspecified atom stereocenters. The van der Waals surface area contributed by atoms with E-state index in [2.05, 4.69) is 20.6 Å². The molecule has 9 nitrogen and oxygen atoms in total. The monoisotopic (exact) mass is 445 g/mol. The van der Waals surface area contributed by atoms with Crippen molar-refractivity contribution < 1.29 is 14.3 Å². The van der Waals surface area contributed by atoms with Crippen LogP contribution >= 0.6 is 11.8 Å². The van der Waals surface area contributed by atoms with Crippen LogP contribution in [-0.2, 0) is 4.79 Å². The van der Waals surface area contributed by atoms with Gasteiger partial charge in [0.1, 0.15) is 11.4 Å². The van der Waals surface area contributed by atoms with Crippen LogP contribution in [0.15, 0.2) is 34.2 Å². The first-order valence-electron chi connectivity index (χ1n) is 10.3. The van der Waals surface area contributed by atoms with Crippen LogP contribution in [0.5, 0.6) is 5.75 Å².